The number of carbonyl (C=O) groups excluding carboxylic acids is 1. The molecule has 0 aromatic heterocycles. The molecule has 0 heterocycles. The minimum absolute atomic E-state index is 0.0532. The monoisotopic (exact) mass is 188 g/mol. The molecule has 0 fully saturated rings. The molecular formula is C9H20N2O2. The Hall–Kier alpha value is -0.610. The maximum absolute atomic E-state index is 11.3. The molecule has 0 saturated heterocycles. The number of nitrogens with one attached hydrogen (secondary N) is 2. The van der Waals surface area contributed by atoms with E-state index in [-0.39, 0.29) is 11.3 Å². The molecule has 13 heavy (non-hydrogen) atoms. The third-order valence-corrected chi connectivity index (χ3v) is 1.89. The molecule has 2 N–H and O–H groups in total. The SMILES string of the molecule is CNC(=O)C(C)(C)CNCCOC. The summed E-state index contributed by atoms with van der Waals surface area (Å²) in [6.45, 7) is 5.92. The predicted octanol–water partition coefficient (Wildman–Crippen LogP) is -0.00540. The Bertz CT molecular complexity index is 158. The van der Waals surface area contributed by atoms with E-state index in [0.717, 1.165) is 6.54 Å². The number of hydrogen-bond acceptors (Lipinski definition) is 3. The van der Waals surface area contributed by atoms with E-state index in [1.54, 1.807) is 14.2 Å². The summed E-state index contributed by atoms with van der Waals surface area (Å²) in [6, 6.07) is 0. The fourth-order valence-electron chi connectivity index (χ4n) is 0.994. The lowest BCUT2D eigenvalue weighted by atomic mass is 9.92. The second kappa shape index (κ2) is 5.94. The second-order valence-electron chi connectivity index (χ2n) is 3.63. The average Bonchev–Trinajstić information content (AvgIpc) is 2.11. The largest absolute Gasteiger partial charge is 0.383 e. The van der Waals surface area contributed by atoms with Gasteiger partial charge in [0.15, 0.2) is 0 Å². The van der Waals surface area contributed by atoms with Crippen LogP contribution in [0.5, 0.6) is 0 Å². The summed E-state index contributed by atoms with van der Waals surface area (Å²) in [6.07, 6.45) is 0. The van der Waals surface area contributed by atoms with Crippen LogP contribution in [0.3, 0.4) is 0 Å². The first-order valence-corrected chi connectivity index (χ1v) is 4.46. The van der Waals surface area contributed by atoms with Crippen molar-refractivity contribution in [3.8, 4) is 0 Å². The standard InChI is InChI=1S/C9H20N2O2/c1-9(2,8(12)10-3)7-11-5-6-13-4/h11H,5-7H2,1-4H3,(H,10,12). The van der Waals surface area contributed by atoms with Crippen LogP contribution in [-0.2, 0) is 9.53 Å². The van der Waals surface area contributed by atoms with Crippen LogP contribution in [-0.4, -0.2) is 39.8 Å². The smallest absolute Gasteiger partial charge is 0.226 e. The first-order chi connectivity index (χ1) is 6.04. The van der Waals surface area contributed by atoms with Crippen LogP contribution in [0.15, 0.2) is 0 Å². The summed E-state index contributed by atoms with van der Waals surface area (Å²) in [5.41, 5.74) is -0.359. The number of carbonyl (C=O) groups is 1. The summed E-state index contributed by atoms with van der Waals surface area (Å²) in [4.78, 5) is 11.3. The molecule has 0 saturated carbocycles. The van der Waals surface area contributed by atoms with Gasteiger partial charge in [-0.3, -0.25) is 4.79 Å². The molecule has 0 bridgehead atoms. The van der Waals surface area contributed by atoms with E-state index in [0.29, 0.717) is 13.2 Å². The Balaban J connectivity index is 3.69. The van der Waals surface area contributed by atoms with E-state index in [4.69, 9.17) is 4.74 Å². The Morgan fingerprint density at radius 1 is 1.46 bits per heavy atom. The molecule has 0 radical (unpaired) electrons. The van der Waals surface area contributed by atoms with E-state index >= 15 is 0 Å². The van der Waals surface area contributed by atoms with Crippen LogP contribution in [0, 0.1) is 5.41 Å². The number of hydrogen-bond donors (Lipinski definition) is 2. The van der Waals surface area contributed by atoms with Crippen molar-refractivity contribution in [3.05, 3.63) is 0 Å². The molecule has 0 atom stereocenters. The number of amides is 1. The zero-order valence-corrected chi connectivity index (χ0v) is 8.94. The van der Waals surface area contributed by atoms with E-state index in [2.05, 4.69) is 10.6 Å². The van der Waals surface area contributed by atoms with Gasteiger partial charge in [-0.2, -0.15) is 0 Å². The lowest BCUT2D eigenvalue weighted by molar-refractivity contribution is -0.128. The molecule has 0 aliphatic carbocycles. The van der Waals surface area contributed by atoms with Crippen LogP contribution in [0.4, 0.5) is 0 Å². The van der Waals surface area contributed by atoms with Crippen molar-refractivity contribution in [1.82, 2.24) is 10.6 Å². The molecule has 4 nitrogen and oxygen atoms in total. The molecule has 1 amide bonds. The van der Waals surface area contributed by atoms with Gasteiger partial charge in [0.1, 0.15) is 0 Å². The minimum atomic E-state index is -0.359. The molecule has 0 unspecified atom stereocenters. The van der Waals surface area contributed by atoms with E-state index in [1.807, 2.05) is 13.8 Å². The molecule has 0 aliphatic heterocycles. The lowest BCUT2D eigenvalue weighted by Crippen LogP contribution is -2.42. The highest BCUT2D eigenvalue weighted by atomic mass is 16.5. The molecule has 0 spiro atoms. The van der Waals surface area contributed by atoms with Gasteiger partial charge in [-0.1, -0.05) is 0 Å². The first kappa shape index (κ1) is 12.4. The molecule has 4 heteroatoms. The van der Waals surface area contributed by atoms with E-state index in [1.165, 1.54) is 0 Å². The minimum Gasteiger partial charge on any atom is -0.383 e. The van der Waals surface area contributed by atoms with Crippen molar-refractivity contribution >= 4 is 5.91 Å². The molecule has 0 aromatic carbocycles. The zero-order chi connectivity index (χ0) is 10.3. The maximum Gasteiger partial charge on any atom is 0.226 e. The van der Waals surface area contributed by atoms with Gasteiger partial charge in [0.2, 0.25) is 5.91 Å². The zero-order valence-electron chi connectivity index (χ0n) is 8.94. The Morgan fingerprint density at radius 2 is 2.08 bits per heavy atom. The number of ether oxygens (including phenoxy) is 1. The quantitative estimate of drug-likeness (QED) is 0.577. The third kappa shape index (κ3) is 4.85. The fraction of sp³-hybridized carbons (Fsp3) is 0.889. The van der Waals surface area contributed by atoms with Crippen LogP contribution in [0.25, 0.3) is 0 Å². The first-order valence-electron chi connectivity index (χ1n) is 4.46. The van der Waals surface area contributed by atoms with Gasteiger partial charge >= 0.3 is 0 Å². The summed E-state index contributed by atoms with van der Waals surface area (Å²) in [7, 11) is 3.31. The fourth-order valence-corrected chi connectivity index (χ4v) is 0.994. The second-order valence-corrected chi connectivity index (χ2v) is 3.63. The van der Waals surface area contributed by atoms with Crippen LogP contribution in [0.2, 0.25) is 0 Å². The van der Waals surface area contributed by atoms with Crippen molar-refractivity contribution in [2.24, 2.45) is 5.41 Å². The van der Waals surface area contributed by atoms with E-state index < -0.39 is 0 Å². The van der Waals surface area contributed by atoms with Gasteiger partial charge in [0.25, 0.3) is 0 Å². The van der Waals surface area contributed by atoms with Crippen molar-refractivity contribution in [3.63, 3.8) is 0 Å². The summed E-state index contributed by atoms with van der Waals surface area (Å²) >= 11 is 0. The Labute approximate surface area is 80.0 Å². The lowest BCUT2D eigenvalue weighted by Gasteiger charge is -2.22. The van der Waals surface area contributed by atoms with Crippen molar-refractivity contribution in [1.29, 1.82) is 0 Å². The van der Waals surface area contributed by atoms with Gasteiger partial charge in [-0.15, -0.1) is 0 Å². The topological polar surface area (TPSA) is 50.4 Å². The van der Waals surface area contributed by atoms with Gasteiger partial charge in [0.05, 0.1) is 12.0 Å². The maximum atomic E-state index is 11.3. The molecular weight excluding hydrogens is 168 g/mol. The molecule has 0 aliphatic rings. The summed E-state index contributed by atoms with van der Waals surface area (Å²) in [5.74, 6) is 0.0532. The highest BCUT2D eigenvalue weighted by molar-refractivity contribution is 5.81. The Morgan fingerprint density at radius 3 is 2.54 bits per heavy atom. The van der Waals surface area contributed by atoms with Crippen molar-refractivity contribution in [2.75, 3.05) is 33.9 Å². The summed E-state index contributed by atoms with van der Waals surface area (Å²) in [5, 5.41) is 5.79. The highest BCUT2D eigenvalue weighted by Gasteiger charge is 2.25. The van der Waals surface area contributed by atoms with Crippen molar-refractivity contribution < 1.29 is 9.53 Å². The Kier molecular flexibility index (Phi) is 5.66. The van der Waals surface area contributed by atoms with Crippen molar-refractivity contribution in [2.45, 2.75) is 13.8 Å². The normalized spacial score (nSPS) is 11.4. The third-order valence-electron chi connectivity index (χ3n) is 1.89. The van der Waals surface area contributed by atoms with Gasteiger partial charge < -0.3 is 15.4 Å². The number of rotatable bonds is 6. The summed E-state index contributed by atoms with van der Waals surface area (Å²) < 4.78 is 4.88. The van der Waals surface area contributed by atoms with Crippen LogP contribution in [0.1, 0.15) is 13.8 Å². The molecule has 0 rings (SSSR count). The average molecular weight is 188 g/mol. The van der Waals surface area contributed by atoms with E-state index in [9.17, 15) is 4.79 Å². The number of methoxy groups -OCH3 is 1. The van der Waals surface area contributed by atoms with Gasteiger partial charge in [0, 0.05) is 27.2 Å². The molecule has 0 aromatic rings. The molecule has 78 valence electrons. The van der Waals surface area contributed by atoms with Crippen LogP contribution < -0.4 is 10.6 Å². The van der Waals surface area contributed by atoms with Crippen LogP contribution >= 0.6 is 0 Å². The predicted molar refractivity (Wildman–Crippen MR) is 52.6 cm³/mol. The van der Waals surface area contributed by atoms with Gasteiger partial charge in [-0.05, 0) is 13.8 Å². The van der Waals surface area contributed by atoms with Gasteiger partial charge in [-0.25, -0.2) is 0 Å². The highest BCUT2D eigenvalue weighted by Crippen LogP contribution is 2.12.